The van der Waals surface area contributed by atoms with E-state index in [-0.39, 0.29) is 6.10 Å². The molecule has 0 spiro atoms. The van der Waals surface area contributed by atoms with Gasteiger partial charge in [0.1, 0.15) is 5.75 Å². The van der Waals surface area contributed by atoms with E-state index in [1.807, 2.05) is 30.7 Å². The lowest BCUT2D eigenvalue weighted by Gasteiger charge is -2.15. The molecule has 1 heterocycles. The standard InChI is InChI=1S/C18H16BrCl2N3OS/c1-11(25-16-7-6-14(20)9-15(16)21)17-22-23-18(24(17)2)26-10-12-4-3-5-13(19)8-12/h3-9,11H,10H2,1-2H3. The predicted molar refractivity (Wildman–Crippen MR) is 110 cm³/mol. The summed E-state index contributed by atoms with van der Waals surface area (Å²) in [6, 6.07) is 13.4. The van der Waals surface area contributed by atoms with Gasteiger partial charge in [0.15, 0.2) is 17.1 Å². The van der Waals surface area contributed by atoms with Crippen molar-refractivity contribution < 1.29 is 4.74 Å². The zero-order valence-corrected chi connectivity index (χ0v) is 18.0. The van der Waals surface area contributed by atoms with Crippen LogP contribution >= 0.6 is 50.9 Å². The van der Waals surface area contributed by atoms with Gasteiger partial charge in [-0.1, -0.05) is 63.0 Å². The molecule has 0 bridgehead atoms. The fourth-order valence-electron chi connectivity index (χ4n) is 2.39. The molecule has 4 nitrogen and oxygen atoms in total. The van der Waals surface area contributed by atoms with Gasteiger partial charge in [0.2, 0.25) is 0 Å². The summed E-state index contributed by atoms with van der Waals surface area (Å²) in [4.78, 5) is 0. The van der Waals surface area contributed by atoms with Gasteiger partial charge in [-0.15, -0.1) is 10.2 Å². The van der Waals surface area contributed by atoms with Gasteiger partial charge in [-0.25, -0.2) is 0 Å². The van der Waals surface area contributed by atoms with Gasteiger partial charge in [-0.05, 0) is 42.8 Å². The van der Waals surface area contributed by atoms with Gasteiger partial charge in [0.25, 0.3) is 0 Å². The summed E-state index contributed by atoms with van der Waals surface area (Å²) in [7, 11) is 1.93. The Hall–Kier alpha value is -1.21. The van der Waals surface area contributed by atoms with Crippen LogP contribution in [0.2, 0.25) is 10.0 Å². The Bertz CT molecular complexity index is 919. The van der Waals surface area contributed by atoms with Gasteiger partial charge in [-0.3, -0.25) is 0 Å². The van der Waals surface area contributed by atoms with Crippen LogP contribution < -0.4 is 4.74 Å². The van der Waals surface area contributed by atoms with E-state index >= 15 is 0 Å². The van der Waals surface area contributed by atoms with Crippen molar-refractivity contribution in [2.24, 2.45) is 7.05 Å². The number of thioether (sulfide) groups is 1. The van der Waals surface area contributed by atoms with Gasteiger partial charge < -0.3 is 9.30 Å². The predicted octanol–water partition coefficient (Wildman–Crippen LogP) is 6.32. The maximum atomic E-state index is 6.18. The van der Waals surface area contributed by atoms with Crippen molar-refractivity contribution in [3.63, 3.8) is 0 Å². The molecule has 136 valence electrons. The molecule has 1 unspecified atom stereocenters. The van der Waals surface area contributed by atoms with E-state index in [0.29, 0.717) is 15.8 Å². The highest BCUT2D eigenvalue weighted by Crippen LogP contribution is 2.31. The summed E-state index contributed by atoms with van der Waals surface area (Å²) in [6.45, 7) is 1.91. The summed E-state index contributed by atoms with van der Waals surface area (Å²) in [5.74, 6) is 2.10. The largest absolute Gasteiger partial charge is 0.481 e. The summed E-state index contributed by atoms with van der Waals surface area (Å²) < 4.78 is 8.94. The van der Waals surface area contributed by atoms with Crippen molar-refractivity contribution in [1.29, 1.82) is 0 Å². The van der Waals surface area contributed by atoms with Gasteiger partial charge in [-0.2, -0.15) is 0 Å². The number of benzene rings is 2. The number of aromatic nitrogens is 3. The molecule has 3 rings (SSSR count). The van der Waals surface area contributed by atoms with Crippen LogP contribution in [0.1, 0.15) is 24.4 Å². The summed E-state index contributed by atoms with van der Waals surface area (Å²) in [5, 5.41) is 10.4. The maximum absolute atomic E-state index is 6.18. The van der Waals surface area contributed by atoms with Crippen LogP contribution in [0.5, 0.6) is 5.75 Å². The molecule has 1 aromatic heterocycles. The Morgan fingerprint density at radius 1 is 1.19 bits per heavy atom. The monoisotopic (exact) mass is 471 g/mol. The molecular weight excluding hydrogens is 457 g/mol. The van der Waals surface area contributed by atoms with Crippen LogP contribution in [0.3, 0.4) is 0 Å². The minimum absolute atomic E-state index is 0.300. The van der Waals surface area contributed by atoms with Crippen molar-refractivity contribution in [2.75, 3.05) is 0 Å². The van der Waals surface area contributed by atoms with Crippen molar-refractivity contribution in [3.05, 3.63) is 68.4 Å². The lowest BCUT2D eigenvalue weighted by atomic mass is 10.2. The lowest BCUT2D eigenvalue weighted by molar-refractivity contribution is 0.211. The van der Waals surface area contributed by atoms with E-state index < -0.39 is 0 Å². The fraction of sp³-hybridized carbons (Fsp3) is 0.222. The fourth-order valence-corrected chi connectivity index (χ4v) is 4.16. The first-order chi connectivity index (χ1) is 12.4. The van der Waals surface area contributed by atoms with E-state index in [4.69, 9.17) is 27.9 Å². The molecule has 0 radical (unpaired) electrons. The second-order valence-corrected chi connectivity index (χ2v) is 8.36. The average molecular weight is 473 g/mol. The minimum atomic E-state index is -0.300. The third kappa shape index (κ3) is 4.74. The third-order valence-electron chi connectivity index (χ3n) is 3.69. The number of halogens is 3. The Morgan fingerprint density at radius 2 is 2.00 bits per heavy atom. The first kappa shape index (κ1) is 19.5. The molecule has 0 aliphatic rings. The van der Waals surface area contributed by atoms with Crippen LogP contribution in [0.25, 0.3) is 0 Å². The van der Waals surface area contributed by atoms with E-state index in [1.54, 1.807) is 30.0 Å². The van der Waals surface area contributed by atoms with Crippen LogP contribution in [0.15, 0.2) is 52.1 Å². The third-order valence-corrected chi connectivity index (χ3v) is 5.80. The minimum Gasteiger partial charge on any atom is -0.481 e. The summed E-state index contributed by atoms with van der Waals surface area (Å²) in [6.07, 6.45) is -0.300. The van der Waals surface area contributed by atoms with Gasteiger partial charge >= 0.3 is 0 Å². The topological polar surface area (TPSA) is 39.9 Å². The highest BCUT2D eigenvalue weighted by molar-refractivity contribution is 9.10. The van der Waals surface area contributed by atoms with Crippen LogP contribution in [-0.4, -0.2) is 14.8 Å². The molecule has 0 amide bonds. The second-order valence-electron chi connectivity index (χ2n) is 5.65. The number of hydrogen-bond acceptors (Lipinski definition) is 4. The van der Waals surface area contributed by atoms with Crippen LogP contribution in [0, 0.1) is 0 Å². The van der Waals surface area contributed by atoms with Gasteiger partial charge in [0, 0.05) is 22.3 Å². The molecule has 0 saturated heterocycles. The van der Waals surface area contributed by atoms with E-state index in [2.05, 4.69) is 38.3 Å². The Labute approximate surface area is 175 Å². The molecule has 0 fully saturated rings. The number of hydrogen-bond donors (Lipinski definition) is 0. The SMILES string of the molecule is CC(Oc1ccc(Cl)cc1Cl)c1nnc(SCc2cccc(Br)c2)n1C. The molecule has 3 aromatic rings. The smallest absolute Gasteiger partial charge is 0.191 e. The zero-order valence-electron chi connectivity index (χ0n) is 14.1. The van der Waals surface area contributed by atoms with Crippen molar-refractivity contribution in [3.8, 4) is 5.75 Å². The quantitative estimate of drug-likeness (QED) is 0.393. The Kier molecular flexibility index (Phi) is 6.51. The molecule has 0 aliphatic carbocycles. The molecule has 0 aliphatic heterocycles. The molecule has 1 atom stereocenters. The Balaban J connectivity index is 1.69. The molecule has 0 saturated carbocycles. The normalized spacial score (nSPS) is 12.2. The maximum Gasteiger partial charge on any atom is 0.191 e. The van der Waals surface area contributed by atoms with Crippen molar-refractivity contribution >= 4 is 50.9 Å². The molecule has 0 N–H and O–H groups in total. The van der Waals surface area contributed by atoms with E-state index in [1.165, 1.54) is 5.56 Å². The molecule has 26 heavy (non-hydrogen) atoms. The Morgan fingerprint density at radius 3 is 2.73 bits per heavy atom. The summed E-state index contributed by atoms with van der Waals surface area (Å²) >= 11 is 17.2. The molecule has 8 heteroatoms. The van der Waals surface area contributed by atoms with Crippen molar-refractivity contribution in [2.45, 2.75) is 23.9 Å². The zero-order chi connectivity index (χ0) is 18.7. The van der Waals surface area contributed by atoms with Crippen LogP contribution in [-0.2, 0) is 12.8 Å². The van der Waals surface area contributed by atoms with Gasteiger partial charge in [0.05, 0.1) is 5.02 Å². The number of ether oxygens (including phenoxy) is 1. The molecule has 2 aromatic carbocycles. The number of rotatable bonds is 6. The van der Waals surface area contributed by atoms with E-state index in [9.17, 15) is 0 Å². The average Bonchev–Trinajstić information content (AvgIpc) is 2.96. The number of nitrogens with zero attached hydrogens (tertiary/aromatic N) is 3. The van der Waals surface area contributed by atoms with Crippen LogP contribution in [0.4, 0.5) is 0 Å². The highest BCUT2D eigenvalue weighted by Gasteiger charge is 2.18. The highest BCUT2D eigenvalue weighted by atomic mass is 79.9. The first-order valence-electron chi connectivity index (χ1n) is 7.82. The van der Waals surface area contributed by atoms with Crippen molar-refractivity contribution in [1.82, 2.24) is 14.8 Å². The molecular formula is C18H16BrCl2N3OS. The summed E-state index contributed by atoms with van der Waals surface area (Å²) in [5.41, 5.74) is 1.21. The second kappa shape index (κ2) is 8.65. The first-order valence-corrected chi connectivity index (χ1v) is 10.4. The van der Waals surface area contributed by atoms with E-state index in [0.717, 1.165) is 21.2 Å². The lowest BCUT2D eigenvalue weighted by Crippen LogP contribution is -2.10.